The fourth-order valence-corrected chi connectivity index (χ4v) is 4.59. The molecule has 0 spiro atoms. The highest BCUT2D eigenvalue weighted by atomic mass is 16.3. The number of likely N-dealkylation sites (N-methyl/N-ethyl adjacent to an activating group) is 1. The maximum atomic E-state index is 9.79. The number of phenols is 1. The number of benzene rings is 2. The Kier molecular flexibility index (Phi) is 3.65. The molecule has 1 N–H and O–H groups in total. The van der Waals surface area contributed by atoms with Gasteiger partial charge < -0.3 is 10.0 Å². The van der Waals surface area contributed by atoms with Gasteiger partial charge in [0, 0.05) is 6.54 Å². The maximum Gasteiger partial charge on any atom is 0.116 e. The molecule has 23 heavy (non-hydrogen) atoms. The van der Waals surface area contributed by atoms with Crippen LogP contribution in [0, 0.1) is 11.8 Å². The van der Waals surface area contributed by atoms with E-state index in [0.29, 0.717) is 5.75 Å². The summed E-state index contributed by atoms with van der Waals surface area (Å²) in [6, 6.07) is 12.4. The predicted octanol–water partition coefficient (Wildman–Crippen LogP) is 4.68. The summed E-state index contributed by atoms with van der Waals surface area (Å²) in [6.45, 7) is 1.08. The number of aromatic hydroxyl groups is 1. The van der Waals surface area contributed by atoms with Gasteiger partial charge in [-0.05, 0) is 97.3 Å². The second kappa shape index (κ2) is 5.68. The third kappa shape index (κ3) is 2.66. The molecule has 2 aromatic rings. The van der Waals surface area contributed by atoms with Crippen molar-refractivity contribution < 1.29 is 5.11 Å². The second-order valence-electron chi connectivity index (χ2n) is 7.47. The maximum absolute atomic E-state index is 9.79. The average Bonchev–Trinajstić information content (AvgIpc) is 2.54. The van der Waals surface area contributed by atoms with E-state index in [0.717, 1.165) is 23.8 Å². The molecule has 0 atom stereocenters. The van der Waals surface area contributed by atoms with Crippen LogP contribution in [0.1, 0.15) is 31.2 Å². The molecule has 0 radical (unpaired) electrons. The highest BCUT2D eigenvalue weighted by Crippen LogP contribution is 2.49. The van der Waals surface area contributed by atoms with Gasteiger partial charge in [-0.2, -0.15) is 0 Å². The lowest BCUT2D eigenvalue weighted by molar-refractivity contribution is 0.299. The zero-order valence-electron chi connectivity index (χ0n) is 14.0. The van der Waals surface area contributed by atoms with Crippen molar-refractivity contribution in [2.45, 2.75) is 25.7 Å². The molecule has 1 saturated carbocycles. The predicted molar refractivity (Wildman–Crippen MR) is 96.5 cm³/mol. The Bertz CT molecular complexity index is 767. The van der Waals surface area contributed by atoms with Crippen molar-refractivity contribution in [1.82, 2.24) is 4.90 Å². The SMILES string of the molecule is CN(C)CC1=C(c2ccc3ccc(O)cc3c2)C2CCC1CC2. The summed E-state index contributed by atoms with van der Waals surface area (Å²) in [6.07, 6.45) is 5.42. The third-order valence-electron chi connectivity index (χ3n) is 5.60. The zero-order chi connectivity index (χ0) is 16.0. The molecular weight excluding hydrogens is 282 g/mol. The van der Waals surface area contributed by atoms with Gasteiger partial charge in [-0.1, -0.05) is 18.2 Å². The molecule has 0 unspecified atom stereocenters. The van der Waals surface area contributed by atoms with Gasteiger partial charge in [-0.25, -0.2) is 0 Å². The minimum Gasteiger partial charge on any atom is -0.508 e. The third-order valence-corrected chi connectivity index (χ3v) is 5.60. The average molecular weight is 307 g/mol. The van der Waals surface area contributed by atoms with Crippen LogP contribution in [-0.4, -0.2) is 30.6 Å². The molecule has 0 aromatic heterocycles. The van der Waals surface area contributed by atoms with E-state index in [-0.39, 0.29) is 0 Å². The normalized spacial score (nSPS) is 24.0. The summed E-state index contributed by atoms with van der Waals surface area (Å²) >= 11 is 0. The van der Waals surface area contributed by atoms with Crippen LogP contribution in [0.25, 0.3) is 16.3 Å². The standard InChI is InChI=1S/C21H25NO/c1-22(2)13-20-15-4-6-16(7-5-15)21(20)17-8-3-14-9-10-19(23)12-18(14)11-17/h3,8-12,15-16,23H,4-7,13H2,1-2H3. The number of fused-ring (bicyclic) bond motifs is 3. The zero-order valence-corrected chi connectivity index (χ0v) is 14.0. The lowest BCUT2D eigenvalue weighted by Crippen LogP contribution is -2.31. The summed E-state index contributed by atoms with van der Waals surface area (Å²) in [4.78, 5) is 2.31. The molecule has 0 aliphatic heterocycles. The number of rotatable bonds is 3. The van der Waals surface area contributed by atoms with Gasteiger partial charge in [0.25, 0.3) is 0 Å². The number of hydrogen-bond acceptors (Lipinski definition) is 2. The van der Waals surface area contributed by atoms with Crippen molar-refractivity contribution in [2.75, 3.05) is 20.6 Å². The van der Waals surface area contributed by atoms with Crippen LogP contribution >= 0.6 is 0 Å². The lowest BCUT2D eigenvalue weighted by atomic mass is 9.65. The van der Waals surface area contributed by atoms with Crippen molar-refractivity contribution in [3.63, 3.8) is 0 Å². The molecule has 2 heteroatoms. The van der Waals surface area contributed by atoms with E-state index in [1.807, 2.05) is 12.1 Å². The first kappa shape index (κ1) is 14.8. The fourth-order valence-electron chi connectivity index (χ4n) is 4.59. The Hall–Kier alpha value is -1.80. The minimum atomic E-state index is 0.349. The summed E-state index contributed by atoms with van der Waals surface area (Å²) in [5.41, 5.74) is 4.64. The summed E-state index contributed by atoms with van der Waals surface area (Å²) in [5, 5.41) is 12.1. The Labute approximate surface area is 138 Å². The number of hydrogen-bond donors (Lipinski definition) is 1. The van der Waals surface area contributed by atoms with Crippen LogP contribution in [0.15, 0.2) is 42.0 Å². The fraction of sp³-hybridized carbons (Fsp3) is 0.429. The summed E-state index contributed by atoms with van der Waals surface area (Å²) in [5.74, 6) is 1.85. The molecule has 0 heterocycles. The molecular formula is C21H25NO. The molecule has 0 saturated heterocycles. The quantitative estimate of drug-likeness (QED) is 0.890. The Morgan fingerprint density at radius 3 is 2.35 bits per heavy atom. The molecule has 5 rings (SSSR count). The Morgan fingerprint density at radius 1 is 0.913 bits per heavy atom. The first-order valence-corrected chi connectivity index (χ1v) is 8.72. The second-order valence-corrected chi connectivity index (χ2v) is 7.47. The van der Waals surface area contributed by atoms with Crippen LogP contribution in [0.2, 0.25) is 0 Å². The van der Waals surface area contributed by atoms with Gasteiger partial charge in [0.1, 0.15) is 5.75 Å². The van der Waals surface area contributed by atoms with Crippen molar-refractivity contribution in [3.05, 3.63) is 47.5 Å². The molecule has 120 valence electrons. The van der Waals surface area contributed by atoms with Gasteiger partial charge in [-0.3, -0.25) is 0 Å². The number of allylic oxidation sites excluding steroid dienone is 1. The minimum absolute atomic E-state index is 0.349. The molecule has 3 aliphatic rings. The highest BCUT2D eigenvalue weighted by Gasteiger charge is 2.35. The summed E-state index contributed by atoms with van der Waals surface area (Å²) in [7, 11) is 4.34. The molecule has 0 amide bonds. The highest BCUT2D eigenvalue weighted by molar-refractivity contribution is 5.88. The summed E-state index contributed by atoms with van der Waals surface area (Å²) < 4.78 is 0. The van der Waals surface area contributed by atoms with Crippen molar-refractivity contribution in [3.8, 4) is 5.75 Å². The van der Waals surface area contributed by atoms with E-state index >= 15 is 0 Å². The van der Waals surface area contributed by atoms with Crippen LogP contribution in [-0.2, 0) is 0 Å². The van der Waals surface area contributed by atoms with E-state index in [1.54, 1.807) is 17.2 Å². The van der Waals surface area contributed by atoms with Crippen LogP contribution in [0.5, 0.6) is 5.75 Å². The van der Waals surface area contributed by atoms with Gasteiger partial charge in [0.05, 0.1) is 0 Å². The van der Waals surface area contributed by atoms with Crippen LogP contribution < -0.4 is 0 Å². The van der Waals surface area contributed by atoms with E-state index in [9.17, 15) is 5.11 Å². The number of nitrogens with zero attached hydrogens (tertiary/aromatic N) is 1. The molecule has 2 nitrogen and oxygen atoms in total. The first-order chi connectivity index (χ1) is 11.1. The molecule has 2 bridgehead atoms. The van der Waals surface area contributed by atoms with E-state index in [1.165, 1.54) is 36.6 Å². The van der Waals surface area contributed by atoms with Crippen molar-refractivity contribution >= 4 is 16.3 Å². The molecule has 2 aromatic carbocycles. The van der Waals surface area contributed by atoms with E-state index in [4.69, 9.17) is 0 Å². The largest absolute Gasteiger partial charge is 0.508 e. The van der Waals surface area contributed by atoms with Crippen molar-refractivity contribution in [2.24, 2.45) is 11.8 Å². The van der Waals surface area contributed by atoms with E-state index in [2.05, 4.69) is 37.2 Å². The van der Waals surface area contributed by atoms with Gasteiger partial charge >= 0.3 is 0 Å². The first-order valence-electron chi connectivity index (χ1n) is 8.72. The Balaban J connectivity index is 1.85. The van der Waals surface area contributed by atoms with Crippen molar-refractivity contribution in [1.29, 1.82) is 0 Å². The van der Waals surface area contributed by atoms with Gasteiger partial charge in [-0.15, -0.1) is 0 Å². The molecule has 3 aliphatic carbocycles. The van der Waals surface area contributed by atoms with Gasteiger partial charge in [0.15, 0.2) is 0 Å². The van der Waals surface area contributed by atoms with E-state index < -0.39 is 0 Å². The smallest absolute Gasteiger partial charge is 0.116 e. The van der Waals surface area contributed by atoms with Gasteiger partial charge in [0.2, 0.25) is 0 Å². The van der Waals surface area contributed by atoms with Crippen LogP contribution in [0.3, 0.4) is 0 Å². The molecule has 1 fully saturated rings. The lowest BCUT2D eigenvalue weighted by Gasteiger charge is -2.41. The monoisotopic (exact) mass is 307 g/mol. The van der Waals surface area contributed by atoms with Crippen LogP contribution in [0.4, 0.5) is 0 Å². The Morgan fingerprint density at radius 2 is 1.61 bits per heavy atom. The number of phenolic OH excluding ortho intramolecular Hbond substituents is 1. The topological polar surface area (TPSA) is 23.5 Å².